The van der Waals surface area contributed by atoms with E-state index in [9.17, 15) is 4.79 Å². The van der Waals surface area contributed by atoms with Gasteiger partial charge < -0.3 is 14.1 Å². The molecular weight excluding hydrogens is 337 g/mol. The third kappa shape index (κ3) is 5.48. The first kappa shape index (κ1) is 17.7. The fraction of sp³-hybridized carbons (Fsp3) is 0.353. The van der Waals surface area contributed by atoms with E-state index in [1.165, 1.54) is 0 Å². The standard InChI is InChI=1S/C17H19Cl2NO3/c1-12-5-7-14(23-12)11-20(2)17(21)4-3-9-22-16-8-6-13(18)10-15(16)19/h5-8,10H,3-4,9,11H2,1-2H3. The third-order valence-corrected chi connectivity index (χ3v) is 3.83. The van der Waals surface area contributed by atoms with Gasteiger partial charge in [0.2, 0.25) is 5.91 Å². The zero-order chi connectivity index (χ0) is 16.8. The number of hydrogen-bond donors (Lipinski definition) is 0. The molecule has 6 heteroatoms. The fourth-order valence-electron chi connectivity index (χ4n) is 2.08. The second kappa shape index (κ2) is 8.27. The molecule has 0 saturated carbocycles. The number of ether oxygens (including phenoxy) is 1. The number of benzene rings is 1. The summed E-state index contributed by atoms with van der Waals surface area (Å²) in [7, 11) is 1.76. The molecule has 0 saturated heterocycles. The lowest BCUT2D eigenvalue weighted by Gasteiger charge is -2.16. The van der Waals surface area contributed by atoms with Gasteiger partial charge >= 0.3 is 0 Å². The zero-order valence-electron chi connectivity index (χ0n) is 13.1. The van der Waals surface area contributed by atoms with Crippen molar-refractivity contribution in [3.05, 3.63) is 51.9 Å². The molecule has 2 rings (SSSR count). The molecule has 0 N–H and O–H groups in total. The zero-order valence-corrected chi connectivity index (χ0v) is 14.7. The molecule has 0 aliphatic rings. The Labute approximate surface area is 145 Å². The van der Waals surface area contributed by atoms with E-state index in [1.54, 1.807) is 30.1 Å². The lowest BCUT2D eigenvalue weighted by molar-refractivity contribution is -0.130. The summed E-state index contributed by atoms with van der Waals surface area (Å²) in [6.45, 7) is 2.77. The van der Waals surface area contributed by atoms with Gasteiger partial charge in [0.05, 0.1) is 18.2 Å². The van der Waals surface area contributed by atoms with E-state index in [-0.39, 0.29) is 5.91 Å². The number of halogens is 2. The van der Waals surface area contributed by atoms with Gasteiger partial charge in [-0.15, -0.1) is 0 Å². The van der Waals surface area contributed by atoms with E-state index in [1.807, 2.05) is 19.1 Å². The molecule has 0 radical (unpaired) electrons. The van der Waals surface area contributed by atoms with Gasteiger partial charge in [-0.05, 0) is 43.7 Å². The number of carbonyl (C=O) groups is 1. The van der Waals surface area contributed by atoms with Gasteiger partial charge in [0.15, 0.2) is 0 Å². The van der Waals surface area contributed by atoms with Crippen LogP contribution < -0.4 is 4.74 Å². The Morgan fingerprint density at radius 1 is 1.26 bits per heavy atom. The number of amides is 1. The first-order chi connectivity index (χ1) is 11.0. The maximum Gasteiger partial charge on any atom is 0.222 e. The number of furan rings is 1. The molecule has 1 aromatic carbocycles. The van der Waals surface area contributed by atoms with Crippen molar-refractivity contribution < 1.29 is 13.9 Å². The van der Waals surface area contributed by atoms with Crippen LogP contribution in [0.1, 0.15) is 24.4 Å². The minimum Gasteiger partial charge on any atom is -0.492 e. The molecule has 23 heavy (non-hydrogen) atoms. The first-order valence-electron chi connectivity index (χ1n) is 7.33. The number of nitrogens with zero attached hydrogens (tertiary/aromatic N) is 1. The SMILES string of the molecule is Cc1ccc(CN(C)C(=O)CCCOc2ccc(Cl)cc2Cl)o1. The molecule has 4 nitrogen and oxygen atoms in total. The normalized spacial score (nSPS) is 10.6. The van der Waals surface area contributed by atoms with Crippen LogP contribution in [-0.2, 0) is 11.3 Å². The summed E-state index contributed by atoms with van der Waals surface area (Å²) in [4.78, 5) is 13.7. The molecule has 0 atom stereocenters. The van der Waals surface area contributed by atoms with E-state index < -0.39 is 0 Å². The van der Waals surface area contributed by atoms with Crippen molar-refractivity contribution in [1.82, 2.24) is 4.90 Å². The highest BCUT2D eigenvalue weighted by molar-refractivity contribution is 6.35. The highest BCUT2D eigenvalue weighted by atomic mass is 35.5. The number of hydrogen-bond acceptors (Lipinski definition) is 3. The molecule has 0 spiro atoms. The Balaban J connectivity index is 1.71. The van der Waals surface area contributed by atoms with Gasteiger partial charge in [0, 0.05) is 18.5 Å². The maximum absolute atomic E-state index is 12.1. The topological polar surface area (TPSA) is 42.7 Å². The van der Waals surface area contributed by atoms with Gasteiger partial charge in [-0.3, -0.25) is 4.79 Å². The van der Waals surface area contributed by atoms with E-state index in [2.05, 4.69) is 0 Å². The van der Waals surface area contributed by atoms with E-state index in [0.29, 0.717) is 41.8 Å². The number of carbonyl (C=O) groups excluding carboxylic acids is 1. The van der Waals surface area contributed by atoms with E-state index in [4.69, 9.17) is 32.4 Å². The summed E-state index contributed by atoms with van der Waals surface area (Å²) in [5, 5.41) is 1.03. The van der Waals surface area contributed by atoms with Crippen molar-refractivity contribution >= 4 is 29.1 Å². The molecule has 1 aromatic heterocycles. The Kier molecular flexibility index (Phi) is 6.37. The molecule has 0 fully saturated rings. The van der Waals surface area contributed by atoms with Crippen molar-refractivity contribution in [1.29, 1.82) is 0 Å². The van der Waals surface area contributed by atoms with Crippen LogP contribution >= 0.6 is 23.2 Å². The molecule has 0 unspecified atom stereocenters. The second-order valence-electron chi connectivity index (χ2n) is 5.29. The summed E-state index contributed by atoms with van der Waals surface area (Å²) in [6, 6.07) is 8.83. The van der Waals surface area contributed by atoms with Crippen molar-refractivity contribution in [2.24, 2.45) is 0 Å². The van der Waals surface area contributed by atoms with Gasteiger partial charge in [0.1, 0.15) is 17.3 Å². The largest absolute Gasteiger partial charge is 0.492 e. The summed E-state index contributed by atoms with van der Waals surface area (Å²) < 4.78 is 11.0. The Morgan fingerprint density at radius 2 is 2.04 bits per heavy atom. The molecule has 0 bridgehead atoms. The summed E-state index contributed by atoms with van der Waals surface area (Å²) in [5.74, 6) is 2.24. The van der Waals surface area contributed by atoms with Crippen molar-refractivity contribution in [3.63, 3.8) is 0 Å². The third-order valence-electron chi connectivity index (χ3n) is 3.30. The highest BCUT2D eigenvalue weighted by Crippen LogP contribution is 2.27. The predicted octanol–water partition coefficient (Wildman–Crippen LogP) is 4.71. The molecule has 1 amide bonds. The Hall–Kier alpha value is -1.65. The quantitative estimate of drug-likeness (QED) is 0.675. The minimum absolute atomic E-state index is 0.0462. The lowest BCUT2D eigenvalue weighted by Crippen LogP contribution is -2.26. The average Bonchev–Trinajstić information content (AvgIpc) is 2.90. The molecule has 1 heterocycles. The minimum atomic E-state index is 0.0462. The number of rotatable bonds is 7. The van der Waals surface area contributed by atoms with Crippen LogP contribution in [0, 0.1) is 6.92 Å². The molecule has 0 aliphatic heterocycles. The number of aryl methyl sites for hydroxylation is 1. The summed E-state index contributed by atoms with van der Waals surface area (Å²) in [5.41, 5.74) is 0. The van der Waals surface area contributed by atoms with Gasteiger partial charge in [-0.1, -0.05) is 23.2 Å². The summed E-state index contributed by atoms with van der Waals surface area (Å²) in [6.07, 6.45) is 1.01. The molecule has 2 aromatic rings. The van der Waals surface area contributed by atoms with Crippen LogP contribution in [0.4, 0.5) is 0 Å². The highest BCUT2D eigenvalue weighted by Gasteiger charge is 2.11. The molecule has 0 aliphatic carbocycles. The van der Waals surface area contributed by atoms with Crippen molar-refractivity contribution in [2.45, 2.75) is 26.3 Å². The monoisotopic (exact) mass is 355 g/mol. The van der Waals surface area contributed by atoms with Gasteiger partial charge in [-0.25, -0.2) is 0 Å². The van der Waals surface area contributed by atoms with Crippen molar-refractivity contribution in [2.75, 3.05) is 13.7 Å². The van der Waals surface area contributed by atoms with Crippen LogP contribution in [0.15, 0.2) is 34.7 Å². The molecular formula is C17H19Cl2NO3. The van der Waals surface area contributed by atoms with Crippen LogP contribution in [0.2, 0.25) is 10.0 Å². The average molecular weight is 356 g/mol. The van der Waals surface area contributed by atoms with Crippen LogP contribution in [0.5, 0.6) is 5.75 Å². The predicted molar refractivity (Wildman–Crippen MR) is 91.1 cm³/mol. The maximum atomic E-state index is 12.1. The van der Waals surface area contributed by atoms with Gasteiger partial charge in [-0.2, -0.15) is 0 Å². The van der Waals surface area contributed by atoms with Gasteiger partial charge in [0.25, 0.3) is 0 Å². The summed E-state index contributed by atoms with van der Waals surface area (Å²) >= 11 is 11.8. The van der Waals surface area contributed by atoms with Crippen LogP contribution in [0.25, 0.3) is 0 Å². The second-order valence-corrected chi connectivity index (χ2v) is 6.13. The fourth-order valence-corrected chi connectivity index (χ4v) is 2.54. The Morgan fingerprint density at radius 3 is 2.70 bits per heavy atom. The van der Waals surface area contributed by atoms with Crippen LogP contribution in [-0.4, -0.2) is 24.5 Å². The Bertz CT molecular complexity index is 670. The smallest absolute Gasteiger partial charge is 0.222 e. The van der Waals surface area contributed by atoms with Crippen LogP contribution in [0.3, 0.4) is 0 Å². The lowest BCUT2D eigenvalue weighted by atomic mass is 10.3. The van der Waals surface area contributed by atoms with E-state index >= 15 is 0 Å². The van der Waals surface area contributed by atoms with E-state index in [0.717, 1.165) is 11.5 Å². The van der Waals surface area contributed by atoms with Crippen molar-refractivity contribution in [3.8, 4) is 5.75 Å². The molecule has 124 valence electrons. The first-order valence-corrected chi connectivity index (χ1v) is 8.08.